The van der Waals surface area contributed by atoms with Gasteiger partial charge < -0.3 is 4.90 Å². The van der Waals surface area contributed by atoms with E-state index in [1.54, 1.807) is 0 Å². The predicted octanol–water partition coefficient (Wildman–Crippen LogP) is 9.89. The van der Waals surface area contributed by atoms with Crippen molar-refractivity contribution in [1.29, 1.82) is 0 Å². The SMILES string of the molecule is CC1(C)c2cc(Br)ccc2-c2ccc(N(c3ccccc3)c3ccc(-c4ccccc4)cc3)cc21. The molecule has 2 heteroatoms. The van der Waals surface area contributed by atoms with E-state index < -0.39 is 0 Å². The molecule has 0 saturated carbocycles. The summed E-state index contributed by atoms with van der Waals surface area (Å²) in [6.07, 6.45) is 0. The zero-order valence-electron chi connectivity index (χ0n) is 19.9. The van der Waals surface area contributed by atoms with E-state index in [0.717, 1.165) is 15.8 Å². The largest absolute Gasteiger partial charge is 0.310 e. The normalized spacial score (nSPS) is 13.2. The van der Waals surface area contributed by atoms with Gasteiger partial charge in [0.05, 0.1) is 0 Å². The highest BCUT2D eigenvalue weighted by molar-refractivity contribution is 9.10. The molecule has 0 aromatic heterocycles. The number of rotatable bonds is 4. The molecule has 0 bridgehead atoms. The maximum absolute atomic E-state index is 3.67. The first-order chi connectivity index (χ1) is 17.0. The number of halogens is 1. The van der Waals surface area contributed by atoms with Crippen LogP contribution in [0.2, 0.25) is 0 Å². The van der Waals surface area contributed by atoms with Crippen molar-refractivity contribution in [3.63, 3.8) is 0 Å². The van der Waals surface area contributed by atoms with Crippen molar-refractivity contribution in [2.45, 2.75) is 19.3 Å². The Hall–Kier alpha value is -3.62. The van der Waals surface area contributed by atoms with Crippen LogP contribution in [0.5, 0.6) is 0 Å². The molecule has 5 aromatic rings. The molecule has 35 heavy (non-hydrogen) atoms. The molecule has 0 N–H and O–H groups in total. The molecule has 0 atom stereocenters. The zero-order valence-corrected chi connectivity index (χ0v) is 21.5. The third kappa shape index (κ3) is 3.79. The molecular formula is C33H26BrN. The molecule has 1 nitrogen and oxygen atoms in total. The molecule has 5 aromatic carbocycles. The summed E-state index contributed by atoms with van der Waals surface area (Å²) < 4.78 is 1.13. The van der Waals surface area contributed by atoms with E-state index in [2.05, 4.69) is 156 Å². The molecule has 0 fully saturated rings. The van der Waals surface area contributed by atoms with Gasteiger partial charge in [0, 0.05) is 26.9 Å². The fourth-order valence-electron chi connectivity index (χ4n) is 5.29. The van der Waals surface area contributed by atoms with Gasteiger partial charge in [-0.05, 0) is 81.9 Å². The van der Waals surface area contributed by atoms with Crippen molar-refractivity contribution in [3.8, 4) is 22.3 Å². The average Bonchev–Trinajstić information content (AvgIpc) is 3.12. The lowest BCUT2D eigenvalue weighted by Gasteiger charge is -2.28. The molecule has 0 unspecified atom stereocenters. The average molecular weight is 516 g/mol. The quantitative estimate of drug-likeness (QED) is 0.230. The van der Waals surface area contributed by atoms with Gasteiger partial charge in [-0.15, -0.1) is 0 Å². The molecule has 170 valence electrons. The summed E-state index contributed by atoms with van der Waals surface area (Å²) in [6.45, 7) is 4.66. The van der Waals surface area contributed by atoms with E-state index in [1.165, 1.54) is 39.1 Å². The number of fused-ring (bicyclic) bond motifs is 3. The Morgan fingerprint density at radius 2 is 1.03 bits per heavy atom. The number of hydrogen-bond donors (Lipinski definition) is 0. The molecule has 1 aliphatic rings. The lowest BCUT2D eigenvalue weighted by Crippen LogP contribution is -2.16. The lowest BCUT2D eigenvalue weighted by molar-refractivity contribution is 0.660. The molecule has 0 aliphatic heterocycles. The first-order valence-corrected chi connectivity index (χ1v) is 12.8. The summed E-state index contributed by atoms with van der Waals surface area (Å²) in [4.78, 5) is 2.35. The molecule has 0 amide bonds. The van der Waals surface area contributed by atoms with E-state index in [9.17, 15) is 0 Å². The van der Waals surface area contributed by atoms with Crippen molar-refractivity contribution in [2.75, 3.05) is 4.90 Å². The van der Waals surface area contributed by atoms with Gasteiger partial charge in [0.2, 0.25) is 0 Å². The van der Waals surface area contributed by atoms with Crippen LogP contribution >= 0.6 is 15.9 Å². The van der Waals surface area contributed by atoms with Gasteiger partial charge in [-0.1, -0.05) is 103 Å². The predicted molar refractivity (Wildman–Crippen MR) is 152 cm³/mol. The van der Waals surface area contributed by atoms with E-state index in [1.807, 2.05) is 0 Å². The fourth-order valence-corrected chi connectivity index (χ4v) is 5.66. The Kier molecular flexibility index (Phi) is 5.35. The number of hydrogen-bond acceptors (Lipinski definition) is 1. The van der Waals surface area contributed by atoms with Crippen LogP contribution in [0, 0.1) is 0 Å². The Morgan fingerprint density at radius 1 is 0.514 bits per heavy atom. The van der Waals surface area contributed by atoms with Gasteiger partial charge in [-0.2, -0.15) is 0 Å². The Bertz CT molecular complexity index is 1500. The van der Waals surface area contributed by atoms with Crippen LogP contribution in [-0.2, 0) is 5.41 Å². The maximum Gasteiger partial charge on any atom is 0.0465 e. The molecule has 0 spiro atoms. The summed E-state index contributed by atoms with van der Waals surface area (Å²) in [5, 5.41) is 0. The Balaban J connectivity index is 1.47. The first kappa shape index (κ1) is 21.9. The number of benzene rings is 5. The van der Waals surface area contributed by atoms with Crippen LogP contribution in [0.25, 0.3) is 22.3 Å². The summed E-state index contributed by atoms with van der Waals surface area (Å²) >= 11 is 3.67. The van der Waals surface area contributed by atoms with Crippen molar-refractivity contribution in [3.05, 3.63) is 137 Å². The summed E-state index contributed by atoms with van der Waals surface area (Å²) in [5.41, 5.74) is 11.2. The molecular weight excluding hydrogens is 490 g/mol. The third-order valence-corrected chi connectivity index (χ3v) is 7.62. The van der Waals surface area contributed by atoms with E-state index in [-0.39, 0.29) is 5.41 Å². The third-order valence-electron chi connectivity index (χ3n) is 7.13. The van der Waals surface area contributed by atoms with Crippen LogP contribution in [0.4, 0.5) is 17.1 Å². The highest BCUT2D eigenvalue weighted by Crippen LogP contribution is 2.51. The van der Waals surface area contributed by atoms with Gasteiger partial charge >= 0.3 is 0 Å². The molecule has 0 heterocycles. The summed E-state index contributed by atoms with van der Waals surface area (Å²) in [6, 6.07) is 43.6. The standard InChI is InChI=1S/C33H26BrN/c1-33(2)31-21-25(34)15-19-29(31)30-20-18-28(22-32(30)33)35(26-11-7-4-8-12-26)27-16-13-24(14-17-27)23-9-5-3-6-10-23/h3-22H,1-2H3. The maximum atomic E-state index is 3.67. The van der Waals surface area contributed by atoms with Crippen molar-refractivity contribution in [2.24, 2.45) is 0 Å². The minimum Gasteiger partial charge on any atom is -0.310 e. The number of anilines is 3. The lowest BCUT2D eigenvalue weighted by atomic mass is 9.82. The van der Waals surface area contributed by atoms with Gasteiger partial charge in [-0.25, -0.2) is 0 Å². The van der Waals surface area contributed by atoms with Crippen LogP contribution in [-0.4, -0.2) is 0 Å². The van der Waals surface area contributed by atoms with Crippen molar-refractivity contribution >= 4 is 33.0 Å². The van der Waals surface area contributed by atoms with E-state index in [0.29, 0.717) is 0 Å². The Morgan fingerprint density at radius 3 is 1.71 bits per heavy atom. The highest BCUT2D eigenvalue weighted by atomic mass is 79.9. The molecule has 0 radical (unpaired) electrons. The number of nitrogens with zero attached hydrogens (tertiary/aromatic N) is 1. The summed E-state index contributed by atoms with van der Waals surface area (Å²) in [5.74, 6) is 0. The van der Waals surface area contributed by atoms with Gasteiger partial charge in [0.25, 0.3) is 0 Å². The van der Waals surface area contributed by atoms with Crippen LogP contribution in [0.3, 0.4) is 0 Å². The van der Waals surface area contributed by atoms with Crippen molar-refractivity contribution < 1.29 is 0 Å². The monoisotopic (exact) mass is 515 g/mol. The topological polar surface area (TPSA) is 3.24 Å². The van der Waals surface area contributed by atoms with Gasteiger partial charge in [-0.3, -0.25) is 0 Å². The first-order valence-electron chi connectivity index (χ1n) is 12.0. The fraction of sp³-hybridized carbons (Fsp3) is 0.0909. The van der Waals surface area contributed by atoms with Crippen LogP contribution < -0.4 is 4.90 Å². The zero-order chi connectivity index (χ0) is 24.0. The van der Waals surface area contributed by atoms with Gasteiger partial charge in [0.15, 0.2) is 0 Å². The second kappa shape index (κ2) is 8.55. The molecule has 0 saturated heterocycles. The second-order valence-electron chi connectivity index (χ2n) is 9.63. The Labute approximate surface area is 215 Å². The minimum absolute atomic E-state index is 0.0655. The van der Waals surface area contributed by atoms with E-state index >= 15 is 0 Å². The smallest absolute Gasteiger partial charge is 0.0465 e. The highest BCUT2D eigenvalue weighted by Gasteiger charge is 2.36. The van der Waals surface area contributed by atoms with Crippen molar-refractivity contribution in [1.82, 2.24) is 0 Å². The summed E-state index contributed by atoms with van der Waals surface area (Å²) in [7, 11) is 0. The number of para-hydroxylation sites is 1. The molecule has 6 rings (SSSR count). The second-order valence-corrected chi connectivity index (χ2v) is 10.5. The van der Waals surface area contributed by atoms with Crippen LogP contribution in [0.15, 0.2) is 126 Å². The van der Waals surface area contributed by atoms with Gasteiger partial charge in [0.1, 0.15) is 0 Å². The molecule has 1 aliphatic carbocycles. The minimum atomic E-state index is -0.0655. The van der Waals surface area contributed by atoms with E-state index in [4.69, 9.17) is 0 Å². The van der Waals surface area contributed by atoms with Crippen LogP contribution in [0.1, 0.15) is 25.0 Å².